The van der Waals surface area contributed by atoms with Gasteiger partial charge in [0.25, 0.3) is 0 Å². The van der Waals surface area contributed by atoms with Crippen LogP contribution in [-0.2, 0) is 0 Å². The molecule has 0 fully saturated rings. The van der Waals surface area contributed by atoms with Crippen LogP contribution < -0.4 is 4.74 Å². The Balaban J connectivity index is 2.27. The van der Waals surface area contributed by atoms with Gasteiger partial charge in [-0.15, -0.1) is 0 Å². The predicted octanol–water partition coefficient (Wildman–Crippen LogP) is 4.16. The Hall–Kier alpha value is -2.27. The minimum atomic E-state index is -0.361. The highest BCUT2D eigenvalue weighted by atomic mass is 79.9. The summed E-state index contributed by atoms with van der Waals surface area (Å²) in [6.07, 6.45) is 2.99. The summed E-state index contributed by atoms with van der Waals surface area (Å²) in [5, 5.41) is 18.9. The molecule has 2 rings (SSSR count). The molecule has 0 aliphatic heterocycles. The summed E-state index contributed by atoms with van der Waals surface area (Å²) in [4.78, 5) is 12.1. The average Bonchev–Trinajstić information content (AvgIpc) is 2.47. The number of aromatic hydroxyl groups is 2. The van der Waals surface area contributed by atoms with E-state index in [0.29, 0.717) is 12.4 Å². The molecule has 0 heterocycles. The second-order valence-electron chi connectivity index (χ2n) is 4.51. The van der Waals surface area contributed by atoms with Gasteiger partial charge >= 0.3 is 0 Å². The third-order valence-corrected chi connectivity index (χ3v) is 3.43. The number of hydrogen-bond acceptors (Lipinski definition) is 4. The molecule has 0 bridgehead atoms. The Labute approximate surface area is 136 Å². The minimum absolute atomic E-state index is 0.0938. The fraction of sp³-hybridized carbons (Fsp3) is 0.118. The van der Waals surface area contributed by atoms with E-state index in [-0.39, 0.29) is 22.8 Å². The second-order valence-corrected chi connectivity index (χ2v) is 5.43. The van der Waals surface area contributed by atoms with Crippen molar-refractivity contribution in [2.45, 2.75) is 6.92 Å². The van der Waals surface area contributed by atoms with Gasteiger partial charge < -0.3 is 14.9 Å². The van der Waals surface area contributed by atoms with Crippen LogP contribution in [0.5, 0.6) is 17.2 Å². The summed E-state index contributed by atoms with van der Waals surface area (Å²) >= 11 is 3.38. The molecule has 4 nitrogen and oxygen atoms in total. The van der Waals surface area contributed by atoms with E-state index >= 15 is 0 Å². The molecule has 0 aromatic heterocycles. The molecule has 2 N–H and O–H groups in total. The number of allylic oxidation sites excluding steroid dienone is 1. The lowest BCUT2D eigenvalue weighted by molar-refractivity contribution is 0.104. The van der Waals surface area contributed by atoms with Gasteiger partial charge in [0.05, 0.1) is 12.2 Å². The Morgan fingerprint density at radius 3 is 2.68 bits per heavy atom. The number of ketones is 1. The number of hydrogen-bond donors (Lipinski definition) is 2. The molecule has 0 saturated heterocycles. The van der Waals surface area contributed by atoms with Crippen molar-refractivity contribution in [2.75, 3.05) is 6.61 Å². The van der Waals surface area contributed by atoms with Crippen LogP contribution in [0.15, 0.2) is 46.9 Å². The van der Waals surface area contributed by atoms with Crippen molar-refractivity contribution in [1.82, 2.24) is 0 Å². The number of benzene rings is 2. The third-order valence-electron chi connectivity index (χ3n) is 2.93. The Bertz CT molecular complexity index is 723. The van der Waals surface area contributed by atoms with Crippen molar-refractivity contribution >= 4 is 27.8 Å². The third kappa shape index (κ3) is 3.89. The molecule has 0 radical (unpaired) electrons. The largest absolute Gasteiger partial charge is 0.508 e. The van der Waals surface area contributed by atoms with Crippen LogP contribution >= 0.6 is 15.9 Å². The Kier molecular flexibility index (Phi) is 5.22. The fourth-order valence-electron chi connectivity index (χ4n) is 1.92. The van der Waals surface area contributed by atoms with Gasteiger partial charge in [-0.3, -0.25) is 4.79 Å². The quantitative estimate of drug-likeness (QED) is 0.619. The maximum absolute atomic E-state index is 12.1. The number of rotatable bonds is 5. The first-order chi connectivity index (χ1) is 10.5. The molecule has 0 aliphatic rings. The molecule has 0 atom stereocenters. The van der Waals surface area contributed by atoms with Crippen molar-refractivity contribution in [3.05, 3.63) is 58.1 Å². The van der Waals surface area contributed by atoms with Crippen LogP contribution in [0.25, 0.3) is 6.08 Å². The first kappa shape index (κ1) is 16.1. The highest BCUT2D eigenvalue weighted by molar-refractivity contribution is 9.10. The molecule has 114 valence electrons. The van der Waals surface area contributed by atoms with Crippen LogP contribution in [0.2, 0.25) is 0 Å². The van der Waals surface area contributed by atoms with Crippen LogP contribution in [0.4, 0.5) is 0 Å². The number of carbonyl (C=O) groups is 1. The molecule has 22 heavy (non-hydrogen) atoms. The number of phenolic OH excluding ortho intramolecular Hbond substituents is 2. The fourth-order valence-corrected chi connectivity index (χ4v) is 2.30. The van der Waals surface area contributed by atoms with Crippen molar-refractivity contribution < 1.29 is 19.7 Å². The lowest BCUT2D eigenvalue weighted by Gasteiger charge is -2.07. The zero-order valence-electron chi connectivity index (χ0n) is 11.9. The highest BCUT2D eigenvalue weighted by Crippen LogP contribution is 2.26. The molecule has 2 aromatic rings. The van der Waals surface area contributed by atoms with E-state index in [1.165, 1.54) is 18.2 Å². The summed E-state index contributed by atoms with van der Waals surface area (Å²) in [6, 6.07) is 9.37. The van der Waals surface area contributed by atoms with Crippen LogP contribution in [-0.4, -0.2) is 22.6 Å². The zero-order valence-corrected chi connectivity index (χ0v) is 13.5. The molecular weight excluding hydrogens is 348 g/mol. The number of ether oxygens (including phenoxy) is 1. The van der Waals surface area contributed by atoms with Gasteiger partial charge in [0, 0.05) is 16.1 Å². The van der Waals surface area contributed by atoms with Gasteiger partial charge in [-0.05, 0) is 49.4 Å². The van der Waals surface area contributed by atoms with Crippen molar-refractivity contribution in [3.8, 4) is 17.2 Å². The molecule has 5 heteroatoms. The highest BCUT2D eigenvalue weighted by Gasteiger charge is 2.09. The molecule has 0 unspecified atom stereocenters. The van der Waals surface area contributed by atoms with E-state index in [0.717, 1.165) is 16.1 Å². The van der Waals surface area contributed by atoms with Crippen LogP contribution in [0.1, 0.15) is 22.8 Å². The zero-order chi connectivity index (χ0) is 16.1. The van der Waals surface area contributed by atoms with E-state index in [2.05, 4.69) is 15.9 Å². The minimum Gasteiger partial charge on any atom is -0.508 e. The predicted molar refractivity (Wildman–Crippen MR) is 88.4 cm³/mol. The van der Waals surface area contributed by atoms with Gasteiger partial charge in [0.1, 0.15) is 17.2 Å². The topological polar surface area (TPSA) is 66.8 Å². The molecule has 0 saturated carbocycles. The smallest absolute Gasteiger partial charge is 0.189 e. The number of phenols is 2. The van der Waals surface area contributed by atoms with Crippen molar-refractivity contribution in [3.63, 3.8) is 0 Å². The summed E-state index contributed by atoms with van der Waals surface area (Å²) in [7, 11) is 0. The molecular formula is C17H15BrO4. The average molecular weight is 363 g/mol. The Morgan fingerprint density at radius 1 is 1.23 bits per heavy atom. The Morgan fingerprint density at radius 2 is 2.00 bits per heavy atom. The molecule has 0 amide bonds. The standard InChI is InChI=1S/C17H15BrO4/c1-2-22-17-8-4-12(18)9-11(17)3-7-15(20)14-6-5-13(19)10-16(14)21/h3-10,19,21H,2H2,1H3/b7-3+. The van der Waals surface area contributed by atoms with Crippen molar-refractivity contribution in [1.29, 1.82) is 0 Å². The first-order valence-corrected chi connectivity index (χ1v) is 7.47. The SMILES string of the molecule is CCOc1ccc(Br)cc1/C=C/C(=O)c1ccc(O)cc1O. The van der Waals surface area contributed by atoms with E-state index in [1.54, 1.807) is 6.08 Å². The summed E-state index contributed by atoms with van der Waals surface area (Å²) in [5.41, 5.74) is 0.879. The molecule has 0 aliphatic carbocycles. The molecule has 2 aromatic carbocycles. The van der Waals surface area contributed by atoms with Gasteiger partial charge in [0.2, 0.25) is 0 Å². The van der Waals surface area contributed by atoms with Gasteiger partial charge in [-0.1, -0.05) is 15.9 Å². The van der Waals surface area contributed by atoms with E-state index in [1.807, 2.05) is 25.1 Å². The lowest BCUT2D eigenvalue weighted by atomic mass is 10.1. The van der Waals surface area contributed by atoms with Crippen LogP contribution in [0.3, 0.4) is 0 Å². The number of halogens is 1. The monoisotopic (exact) mass is 362 g/mol. The van der Waals surface area contributed by atoms with E-state index < -0.39 is 0 Å². The second kappa shape index (κ2) is 7.13. The van der Waals surface area contributed by atoms with E-state index in [9.17, 15) is 15.0 Å². The van der Waals surface area contributed by atoms with Gasteiger partial charge in [0.15, 0.2) is 5.78 Å². The maximum Gasteiger partial charge on any atom is 0.189 e. The van der Waals surface area contributed by atoms with E-state index in [4.69, 9.17) is 4.74 Å². The summed E-state index contributed by atoms with van der Waals surface area (Å²) in [6.45, 7) is 2.41. The van der Waals surface area contributed by atoms with Gasteiger partial charge in [-0.25, -0.2) is 0 Å². The van der Waals surface area contributed by atoms with Gasteiger partial charge in [-0.2, -0.15) is 0 Å². The lowest BCUT2D eigenvalue weighted by Crippen LogP contribution is -1.96. The van der Waals surface area contributed by atoms with Crippen LogP contribution in [0, 0.1) is 0 Å². The summed E-state index contributed by atoms with van der Waals surface area (Å²) < 4.78 is 6.37. The number of carbonyl (C=O) groups excluding carboxylic acids is 1. The molecule has 0 spiro atoms. The maximum atomic E-state index is 12.1. The summed E-state index contributed by atoms with van der Waals surface area (Å²) in [5.74, 6) is -0.0397. The van der Waals surface area contributed by atoms with Crippen molar-refractivity contribution in [2.24, 2.45) is 0 Å². The normalized spacial score (nSPS) is 10.8. The first-order valence-electron chi connectivity index (χ1n) is 6.68.